The first kappa shape index (κ1) is 15.0. The largest absolute Gasteiger partial charge is 0.379 e. The number of halogens is 1. The van der Waals surface area contributed by atoms with Gasteiger partial charge >= 0.3 is 0 Å². The SMILES string of the molecule is CN1CCC(CNc2c(Br)cnn(CC3CCC3)c2=O)C1. The predicted octanol–water partition coefficient (Wildman–Crippen LogP) is 2.17. The van der Waals surface area contributed by atoms with Gasteiger partial charge in [0.05, 0.1) is 10.7 Å². The van der Waals surface area contributed by atoms with Crippen molar-refractivity contribution in [2.45, 2.75) is 32.2 Å². The van der Waals surface area contributed by atoms with E-state index in [2.05, 4.69) is 38.3 Å². The molecule has 1 aliphatic carbocycles. The average Bonchev–Trinajstić information content (AvgIpc) is 2.81. The van der Waals surface area contributed by atoms with Crippen LogP contribution in [-0.4, -0.2) is 41.4 Å². The fraction of sp³-hybridized carbons (Fsp3) is 0.733. The molecule has 2 heterocycles. The summed E-state index contributed by atoms with van der Waals surface area (Å²) in [5.74, 6) is 1.25. The Labute approximate surface area is 133 Å². The van der Waals surface area contributed by atoms with E-state index in [9.17, 15) is 4.79 Å². The van der Waals surface area contributed by atoms with Gasteiger partial charge in [-0.05, 0) is 60.6 Å². The normalized spacial score (nSPS) is 23.2. The van der Waals surface area contributed by atoms with E-state index in [4.69, 9.17) is 0 Å². The summed E-state index contributed by atoms with van der Waals surface area (Å²) in [5, 5.41) is 7.61. The van der Waals surface area contributed by atoms with Gasteiger partial charge in [0, 0.05) is 19.6 Å². The van der Waals surface area contributed by atoms with E-state index in [1.165, 1.54) is 25.7 Å². The Morgan fingerprint density at radius 1 is 1.38 bits per heavy atom. The first-order valence-corrected chi connectivity index (χ1v) is 8.61. The quantitative estimate of drug-likeness (QED) is 0.880. The van der Waals surface area contributed by atoms with E-state index < -0.39 is 0 Å². The molecule has 3 rings (SSSR count). The highest BCUT2D eigenvalue weighted by molar-refractivity contribution is 9.10. The first-order valence-electron chi connectivity index (χ1n) is 7.81. The van der Waals surface area contributed by atoms with Crippen molar-refractivity contribution in [3.63, 3.8) is 0 Å². The van der Waals surface area contributed by atoms with Crippen molar-refractivity contribution in [3.05, 3.63) is 21.0 Å². The maximum atomic E-state index is 12.5. The van der Waals surface area contributed by atoms with Gasteiger partial charge in [0.25, 0.3) is 5.56 Å². The Kier molecular flexibility index (Phi) is 4.64. The third-order valence-electron chi connectivity index (χ3n) is 4.71. The summed E-state index contributed by atoms with van der Waals surface area (Å²) >= 11 is 3.45. The topological polar surface area (TPSA) is 50.2 Å². The van der Waals surface area contributed by atoms with Gasteiger partial charge in [-0.2, -0.15) is 5.10 Å². The zero-order valence-electron chi connectivity index (χ0n) is 12.5. The van der Waals surface area contributed by atoms with Gasteiger partial charge in [-0.1, -0.05) is 6.42 Å². The molecule has 2 aliphatic rings. The zero-order valence-corrected chi connectivity index (χ0v) is 14.1. The Balaban J connectivity index is 1.68. The molecule has 2 fully saturated rings. The van der Waals surface area contributed by atoms with Crippen LogP contribution >= 0.6 is 15.9 Å². The lowest BCUT2D eigenvalue weighted by molar-refractivity contribution is 0.262. The van der Waals surface area contributed by atoms with E-state index in [1.807, 2.05) is 0 Å². The Bertz CT molecular complexity index is 555. The molecule has 21 heavy (non-hydrogen) atoms. The van der Waals surface area contributed by atoms with Crippen LogP contribution in [0.5, 0.6) is 0 Å². The second kappa shape index (κ2) is 6.48. The van der Waals surface area contributed by atoms with E-state index in [0.29, 0.717) is 17.5 Å². The number of hydrogen-bond acceptors (Lipinski definition) is 4. The van der Waals surface area contributed by atoms with Crippen LogP contribution in [0.15, 0.2) is 15.5 Å². The molecule has 1 saturated heterocycles. The molecule has 0 aromatic carbocycles. The molecule has 1 unspecified atom stereocenters. The van der Waals surface area contributed by atoms with Gasteiger partial charge in [0.1, 0.15) is 5.69 Å². The van der Waals surface area contributed by atoms with E-state index in [1.54, 1.807) is 10.9 Å². The fourth-order valence-corrected chi connectivity index (χ4v) is 3.52. The molecule has 0 spiro atoms. The lowest BCUT2D eigenvalue weighted by Gasteiger charge is -2.25. The van der Waals surface area contributed by atoms with Crippen LogP contribution in [0.25, 0.3) is 0 Å². The van der Waals surface area contributed by atoms with Gasteiger partial charge in [-0.3, -0.25) is 4.79 Å². The van der Waals surface area contributed by atoms with Gasteiger partial charge < -0.3 is 10.2 Å². The molecule has 6 heteroatoms. The number of rotatable bonds is 5. The molecule has 5 nitrogen and oxygen atoms in total. The van der Waals surface area contributed by atoms with Crippen molar-refractivity contribution >= 4 is 21.6 Å². The highest BCUT2D eigenvalue weighted by atomic mass is 79.9. The fourth-order valence-electron chi connectivity index (χ4n) is 3.12. The van der Waals surface area contributed by atoms with Crippen LogP contribution < -0.4 is 10.9 Å². The Morgan fingerprint density at radius 2 is 2.19 bits per heavy atom. The summed E-state index contributed by atoms with van der Waals surface area (Å²) in [6.07, 6.45) is 6.67. The van der Waals surface area contributed by atoms with Gasteiger partial charge in [0.2, 0.25) is 0 Å². The second-order valence-electron chi connectivity index (χ2n) is 6.45. The van der Waals surface area contributed by atoms with Crippen molar-refractivity contribution in [2.24, 2.45) is 11.8 Å². The van der Waals surface area contributed by atoms with Crippen LogP contribution in [0, 0.1) is 11.8 Å². The summed E-state index contributed by atoms with van der Waals surface area (Å²) in [4.78, 5) is 14.9. The van der Waals surface area contributed by atoms with Crippen molar-refractivity contribution < 1.29 is 0 Å². The Morgan fingerprint density at radius 3 is 2.81 bits per heavy atom. The smallest absolute Gasteiger partial charge is 0.291 e. The Hall–Kier alpha value is -0.880. The van der Waals surface area contributed by atoms with Crippen molar-refractivity contribution in [1.82, 2.24) is 14.7 Å². The van der Waals surface area contributed by atoms with E-state index >= 15 is 0 Å². The molecule has 1 atom stereocenters. The summed E-state index contributed by atoms with van der Waals surface area (Å²) < 4.78 is 2.39. The third kappa shape index (κ3) is 3.48. The number of likely N-dealkylation sites (tertiary alicyclic amines) is 1. The number of hydrogen-bond donors (Lipinski definition) is 1. The van der Waals surface area contributed by atoms with E-state index in [0.717, 1.165) is 30.7 Å². The predicted molar refractivity (Wildman–Crippen MR) is 87.6 cm³/mol. The monoisotopic (exact) mass is 354 g/mol. The third-order valence-corrected chi connectivity index (χ3v) is 5.31. The minimum atomic E-state index is 0.00243. The van der Waals surface area contributed by atoms with Gasteiger partial charge in [-0.25, -0.2) is 4.68 Å². The van der Waals surface area contributed by atoms with Crippen molar-refractivity contribution in [1.29, 1.82) is 0 Å². The highest BCUT2D eigenvalue weighted by Crippen LogP contribution is 2.27. The second-order valence-corrected chi connectivity index (χ2v) is 7.30. The van der Waals surface area contributed by atoms with Crippen LogP contribution in [0.2, 0.25) is 0 Å². The number of nitrogens with zero attached hydrogens (tertiary/aromatic N) is 3. The minimum Gasteiger partial charge on any atom is -0.379 e. The zero-order chi connectivity index (χ0) is 14.8. The van der Waals surface area contributed by atoms with Crippen LogP contribution in [0.3, 0.4) is 0 Å². The molecule has 0 radical (unpaired) electrons. The maximum absolute atomic E-state index is 12.5. The van der Waals surface area contributed by atoms with Crippen LogP contribution in [0.4, 0.5) is 5.69 Å². The summed E-state index contributed by atoms with van der Waals surface area (Å²) in [7, 11) is 2.15. The first-order chi connectivity index (χ1) is 10.1. The number of nitrogens with one attached hydrogen (secondary N) is 1. The lowest BCUT2D eigenvalue weighted by atomic mass is 9.85. The standard InChI is InChI=1S/C15H23BrN4O/c1-19-6-5-12(9-19)7-17-14-13(16)8-18-20(15(14)21)10-11-3-2-4-11/h8,11-12,17H,2-7,9-10H2,1H3. The molecule has 0 amide bonds. The van der Waals surface area contributed by atoms with Crippen molar-refractivity contribution in [2.75, 3.05) is 32.0 Å². The van der Waals surface area contributed by atoms with Crippen LogP contribution in [-0.2, 0) is 6.54 Å². The summed E-state index contributed by atoms with van der Waals surface area (Å²) in [6.45, 7) is 3.86. The number of anilines is 1. The highest BCUT2D eigenvalue weighted by Gasteiger charge is 2.22. The minimum absolute atomic E-state index is 0.00243. The van der Waals surface area contributed by atoms with Gasteiger partial charge in [-0.15, -0.1) is 0 Å². The number of aromatic nitrogens is 2. The molecule has 0 bridgehead atoms. The average molecular weight is 355 g/mol. The van der Waals surface area contributed by atoms with Gasteiger partial charge in [0.15, 0.2) is 0 Å². The van der Waals surface area contributed by atoms with Crippen LogP contribution in [0.1, 0.15) is 25.7 Å². The maximum Gasteiger partial charge on any atom is 0.291 e. The molecule has 116 valence electrons. The molecular weight excluding hydrogens is 332 g/mol. The molecule has 1 N–H and O–H groups in total. The van der Waals surface area contributed by atoms with E-state index in [-0.39, 0.29) is 5.56 Å². The molecular formula is C15H23BrN4O. The summed E-state index contributed by atoms with van der Waals surface area (Å²) in [6, 6.07) is 0. The lowest BCUT2D eigenvalue weighted by Crippen LogP contribution is -2.32. The molecule has 1 aromatic heterocycles. The molecule has 1 saturated carbocycles. The summed E-state index contributed by atoms with van der Waals surface area (Å²) in [5.41, 5.74) is 0.668. The van der Waals surface area contributed by atoms with Crippen molar-refractivity contribution in [3.8, 4) is 0 Å². The molecule has 1 aliphatic heterocycles. The molecule has 1 aromatic rings.